The first-order chi connectivity index (χ1) is 9.58. The Morgan fingerprint density at radius 3 is 2.85 bits per heavy atom. The zero-order valence-electron chi connectivity index (χ0n) is 11.2. The van der Waals surface area contributed by atoms with Crippen molar-refractivity contribution in [2.45, 2.75) is 25.0 Å². The fourth-order valence-electron chi connectivity index (χ4n) is 1.57. The molecular weight excluding hydrogens is 317 g/mol. The number of aromatic nitrogens is 3. The maximum absolute atomic E-state index is 6.03. The van der Waals surface area contributed by atoms with Crippen LogP contribution < -0.4 is 4.74 Å². The number of ether oxygens (including phenoxy) is 1. The van der Waals surface area contributed by atoms with Crippen molar-refractivity contribution < 1.29 is 4.74 Å². The third-order valence-electron chi connectivity index (χ3n) is 2.56. The van der Waals surface area contributed by atoms with Crippen LogP contribution in [0.25, 0.3) is 0 Å². The Balaban J connectivity index is 1.83. The molecule has 0 atom stereocenters. The number of benzene rings is 1. The maximum atomic E-state index is 6.03. The molecular formula is C13H15Cl2N3OS. The summed E-state index contributed by atoms with van der Waals surface area (Å²) in [5.74, 6) is 1.41. The van der Waals surface area contributed by atoms with Crippen LogP contribution >= 0.6 is 35.0 Å². The molecule has 0 radical (unpaired) electrons. The fourth-order valence-corrected chi connectivity index (χ4v) is 2.89. The Labute approximate surface area is 132 Å². The first kappa shape index (κ1) is 15.5. The van der Waals surface area contributed by atoms with Crippen LogP contribution in [0.1, 0.15) is 19.9 Å². The second kappa shape index (κ2) is 7.20. The summed E-state index contributed by atoms with van der Waals surface area (Å²) in [5, 5.41) is 10.0. The van der Waals surface area contributed by atoms with Crippen molar-refractivity contribution in [1.29, 1.82) is 0 Å². The second-order valence-corrected chi connectivity index (χ2v) is 6.29. The van der Waals surface area contributed by atoms with E-state index < -0.39 is 0 Å². The molecule has 20 heavy (non-hydrogen) atoms. The molecule has 0 aliphatic heterocycles. The van der Waals surface area contributed by atoms with E-state index in [-0.39, 0.29) is 0 Å². The zero-order valence-corrected chi connectivity index (χ0v) is 13.5. The van der Waals surface area contributed by atoms with Crippen LogP contribution in [0, 0.1) is 0 Å². The smallest absolute Gasteiger partial charge is 0.191 e. The molecule has 4 nitrogen and oxygen atoms in total. The predicted molar refractivity (Wildman–Crippen MR) is 83.1 cm³/mol. The molecule has 7 heteroatoms. The Morgan fingerprint density at radius 2 is 2.15 bits per heavy atom. The topological polar surface area (TPSA) is 39.9 Å². The van der Waals surface area contributed by atoms with Gasteiger partial charge in [-0.05, 0) is 32.0 Å². The molecule has 0 fully saturated rings. The van der Waals surface area contributed by atoms with Gasteiger partial charge < -0.3 is 9.30 Å². The zero-order chi connectivity index (χ0) is 14.5. The molecule has 0 bridgehead atoms. The maximum Gasteiger partial charge on any atom is 0.191 e. The fraction of sp³-hybridized carbons (Fsp3) is 0.385. The lowest BCUT2D eigenvalue weighted by molar-refractivity contribution is 0.344. The van der Waals surface area contributed by atoms with E-state index in [4.69, 9.17) is 27.9 Å². The molecule has 0 amide bonds. The number of halogens is 2. The molecule has 0 N–H and O–H groups in total. The van der Waals surface area contributed by atoms with E-state index in [1.165, 1.54) is 0 Å². The summed E-state index contributed by atoms with van der Waals surface area (Å²) in [7, 11) is 0. The van der Waals surface area contributed by atoms with Gasteiger partial charge in [-0.2, -0.15) is 0 Å². The molecule has 0 aliphatic carbocycles. The van der Waals surface area contributed by atoms with Gasteiger partial charge in [0.15, 0.2) is 5.16 Å². The van der Waals surface area contributed by atoms with Crippen molar-refractivity contribution in [2.75, 3.05) is 12.4 Å². The lowest BCUT2D eigenvalue weighted by Crippen LogP contribution is -2.04. The molecule has 0 spiro atoms. The van der Waals surface area contributed by atoms with Crippen molar-refractivity contribution in [3.63, 3.8) is 0 Å². The molecule has 1 aromatic carbocycles. The minimum Gasteiger partial charge on any atom is -0.491 e. The van der Waals surface area contributed by atoms with E-state index in [1.54, 1.807) is 36.3 Å². The van der Waals surface area contributed by atoms with Gasteiger partial charge in [-0.1, -0.05) is 35.0 Å². The summed E-state index contributed by atoms with van der Waals surface area (Å²) in [5.41, 5.74) is 0. The van der Waals surface area contributed by atoms with Crippen LogP contribution in [0.15, 0.2) is 29.7 Å². The van der Waals surface area contributed by atoms with E-state index in [2.05, 4.69) is 24.0 Å². The molecule has 0 aliphatic rings. The highest BCUT2D eigenvalue weighted by molar-refractivity contribution is 7.99. The molecule has 2 rings (SSSR count). The van der Waals surface area contributed by atoms with Crippen LogP contribution in [0.4, 0.5) is 0 Å². The first-order valence-electron chi connectivity index (χ1n) is 6.18. The van der Waals surface area contributed by atoms with Gasteiger partial charge in [-0.15, -0.1) is 10.2 Å². The number of nitrogens with zero attached hydrogens (tertiary/aromatic N) is 3. The molecule has 1 heterocycles. The SMILES string of the molecule is CC(C)n1cnnc1SCCOc1ccc(Cl)cc1Cl. The van der Waals surface area contributed by atoms with Crippen molar-refractivity contribution in [3.8, 4) is 5.75 Å². The molecule has 1 aromatic heterocycles. The van der Waals surface area contributed by atoms with Gasteiger partial charge in [-0.3, -0.25) is 0 Å². The molecule has 0 unspecified atom stereocenters. The van der Waals surface area contributed by atoms with Gasteiger partial charge in [0.25, 0.3) is 0 Å². The van der Waals surface area contributed by atoms with Crippen molar-refractivity contribution in [1.82, 2.24) is 14.8 Å². The van der Waals surface area contributed by atoms with Crippen molar-refractivity contribution in [3.05, 3.63) is 34.6 Å². The summed E-state index contributed by atoms with van der Waals surface area (Å²) in [4.78, 5) is 0. The molecule has 0 saturated heterocycles. The van der Waals surface area contributed by atoms with E-state index in [1.807, 2.05) is 4.57 Å². The highest BCUT2D eigenvalue weighted by Crippen LogP contribution is 2.28. The summed E-state index contributed by atoms with van der Waals surface area (Å²) in [6.07, 6.45) is 1.74. The van der Waals surface area contributed by atoms with Gasteiger partial charge in [-0.25, -0.2) is 0 Å². The lowest BCUT2D eigenvalue weighted by atomic mass is 10.3. The highest BCUT2D eigenvalue weighted by atomic mass is 35.5. The largest absolute Gasteiger partial charge is 0.491 e. The molecule has 108 valence electrons. The summed E-state index contributed by atoms with van der Waals surface area (Å²) in [6, 6.07) is 5.54. The van der Waals surface area contributed by atoms with E-state index in [9.17, 15) is 0 Å². The predicted octanol–water partition coefficient (Wildman–Crippen LogP) is 4.34. The number of rotatable bonds is 6. The van der Waals surface area contributed by atoms with Crippen molar-refractivity contribution >= 4 is 35.0 Å². The second-order valence-electron chi connectivity index (χ2n) is 4.39. The van der Waals surface area contributed by atoms with Crippen LogP contribution in [-0.4, -0.2) is 27.1 Å². The van der Waals surface area contributed by atoms with E-state index in [0.29, 0.717) is 28.4 Å². The number of hydrogen-bond donors (Lipinski definition) is 0. The van der Waals surface area contributed by atoms with Crippen LogP contribution in [0.3, 0.4) is 0 Å². The van der Waals surface area contributed by atoms with Crippen LogP contribution in [0.5, 0.6) is 5.75 Å². The molecule has 2 aromatic rings. The summed E-state index contributed by atoms with van der Waals surface area (Å²) in [6.45, 7) is 4.73. The first-order valence-corrected chi connectivity index (χ1v) is 7.92. The third kappa shape index (κ3) is 4.04. The molecule has 0 saturated carbocycles. The quantitative estimate of drug-likeness (QED) is 0.583. The van der Waals surface area contributed by atoms with Crippen LogP contribution in [0.2, 0.25) is 10.0 Å². The lowest BCUT2D eigenvalue weighted by Gasteiger charge is -2.10. The van der Waals surface area contributed by atoms with Gasteiger partial charge >= 0.3 is 0 Å². The number of thioether (sulfide) groups is 1. The summed E-state index contributed by atoms with van der Waals surface area (Å²) >= 11 is 13.5. The monoisotopic (exact) mass is 331 g/mol. The normalized spacial score (nSPS) is 11.1. The Hall–Kier alpha value is -0.910. The minimum atomic E-state index is 0.346. The summed E-state index contributed by atoms with van der Waals surface area (Å²) < 4.78 is 7.65. The standard InChI is InChI=1S/C13H15Cl2N3OS/c1-9(2)18-8-16-17-13(18)20-6-5-19-12-4-3-10(14)7-11(12)15/h3-4,7-9H,5-6H2,1-2H3. The Morgan fingerprint density at radius 1 is 1.35 bits per heavy atom. The number of hydrogen-bond acceptors (Lipinski definition) is 4. The van der Waals surface area contributed by atoms with E-state index >= 15 is 0 Å². The third-order valence-corrected chi connectivity index (χ3v) is 4.01. The van der Waals surface area contributed by atoms with Gasteiger partial charge in [0.05, 0.1) is 11.6 Å². The average molecular weight is 332 g/mol. The van der Waals surface area contributed by atoms with Gasteiger partial charge in [0, 0.05) is 16.8 Å². The Bertz CT molecular complexity index is 574. The average Bonchev–Trinajstić information content (AvgIpc) is 2.85. The van der Waals surface area contributed by atoms with Gasteiger partial charge in [0.1, 0.15) is 12.1 Å². The van der Waals surface area contributed by atoms with Gasteiger partial charge in [0.2, 0.25) is 0 Å². The van der Waals surface area contributed by atoms with E-state index in [0.717, 1.165) is 10.9 Å². The Kier molecular flexibility index (Phi) is 5.57. The minimum absolute atomic E-state index is 0.346. The van der Waals surface area contributed by atoms with Crippen LogP contribution in [-0.2, 0) is 0 Å². The van der Waals surface area contributed by atoms with Crippen molar-refractivity contribution in [2.24, 2.45) is 0 Å². The highest BCUT2D eigenvalue weighted by Gasteiger charge is 2.08.